The summed E-state index contributed by atoms with van der Waals surface area (Å²) in [4.78, 5) is 43.5. The van der Waals surface area contributed by atoms with Crippen molar-refractivity contribution in [2.75, 3.05) is 31.6 Å². The summed E-state index contributed by atoms with van der Waals surface area (Å²) in [6.07, 6.45) is 2.08. The van der Waals surface area contributed by atoms with Crippen LogP contribution in [0.15, 0.2) is 23.7 Å². The molecule has 0 spiro atoms. The van der Waals surface area contributed by atoms with Crippen molar-refractivity contribution in [1.82, 2.24) is 24.9 Å². The number of ether oxygens (including phenoxy) is 1. The van der Waals surface area contributed by atoms with E-state index >= 15 is 0 Å². The number of amides is 2. The fourth-order valence-electron chi connectivity index (χ4n) is 3.08. The summed E-state index contributed by atoms with van der Waals surface area (Å²) in [6.45, 7) is 13.0. The summed E-state index contributed by atoms with van der Waals surface area (Å²) < 4.78 is 5.16. The van der Waals surface area contributed by atoms with Crippen LogP contribution in [0.25, 0.3) is 10.6 Å². The fourth-order valence-corrected chi connectivity index (χ4v) is 4.75. The highest BCUT2D eigenvalue weighted by molar-refractivity contribution is 7.16. The van der Waals surface area contributed by atoms with Gasteiger partial charge in [0.2, 0.25) is 6.41 Å². The van der Waals surface area contributed by atoms with Gasteiger partial charge in [0.1, 0.15) is 11.4 Å². The first-order valence-electron chi connectivity index (χ1n) is 11.5. The van der Waals surface area contributed by atoms with Crippen LogP contribution in [0.2, 0.25) is 0 Å². The van der Waals surface area contributed by atoms with Crippen molar-refractivity contribution in [2.45, 2.75) is 47.1 Å². The molecule has 1 saturated heterocycles. The SMILES string of the molecule is CC(C)(C)OC(=O)N1CCN(C=O)CCO1.Cc1ccc(Nc2nc(-c3sc(C)nc3C)cs2)nc1. The molecular weight excluding hydrogens is 500 g/mol. The van der Waals surface area contributed by atoms with Crippen LogP contribution in [0, 0.1) is 20.8 Å². The molecular formula is C24H32N6O4S2. The number of hydrogen-bond acceptors (Lipinski definition) is 10. The first-order chi connectivity index (χ1) is 17.0. The van der Waals surface area contributed by atoms with E-state index in [9.17, 15) is 9.59 Å². The standard InChI is InChI=1S/C14H14N4S2.C10H18N2O4/c1-8-4-5-12(15-6-8)18-14-17-11(7-19-14)13-9(2)16-10(3)20-13;1-10(2,3)16-9(14)12-5-4-11(8-13)6-7-15-12/h4-7H,1-3H3,(H,15,17,18);8H,4-7H2,1-3H3. The number of anilines is 2. The van der Waals surface area contributed by atoms with E-state index in [1.165, 1.54) is 0 Å². The van der Waals surface area contributed by atoms with Gasteiger partial charge in [-0.05, 0) is 53.2 Å². The van der Waals surface area contributed by atoms with E-state index in [-0.39, 0.29) is 0 Å². The molecule has 3 aromatic heterocycles. The van der Waals surface area contributed by atoms with Gasteiger partial charge in [0, 0.05) is 24.7 Å². The highest BCUT2D eigenvalue weighted by Crippen LogP contribution is 2.32. The smallest absolute Gasteiger partial charge is 0.434 e. The van der Waals surface area contributed by atoms with Gasteiger partial charge in [-0.2, -0.15) is 5.06 Å². The normalized spacial score (nSPS) is 13.9. The van der Waals surface area contributed by atoms with E-state index in [1.807, 2.05) is 39.1 Å². The lowest BCUT2D eigenvalue weighted by molar-refractivity contribution is -0.137. The zero-order chi connectivity index (χ0) is 26.3. The Kier molecular flexibility index (Phi) is 9.35. The van der Waals surface area contributed by atoms with Crippen LogP contribution in [0.1, 0.15) is 37.0 Å². The van der Waals surface area contributed by atoms with E-state index < -0.39 is 11.7 Å². The van der Waals surface area contributed by atoms with Crippen molar-refractivity contribution in [3.05, 3.63) is 40.0 Å². The lowest BCUT2D eigenvalue weighted by Gasteiger charge is -2.25. The minimum Gasteiger partial charge on any atom is -0.442 e. The molecule has 1 fully saturated rings. The van der Waals surface area contributed by atoms with Crippen LogP contribution in [0.5, 0.6) is 0 Å². The Labute approximate surface area is 219 Å². The van der Waals surface area contributed by atoms with Crippen LogP contribution in [0.3, 0.4) is 0 Å². The third-order valence-corrected chi connectivity index (χ3v) is 6.60. The van der Waals surface area contributed by atoms with E-state index in [1.54, 1.807) is 48.3 Å². The zero-order valence-electron chi connectivity index (χ0n) is 21.4. The topological polar surface area (TPSA) is 110 Å². The summed E-state index contributed by atoms with van der Waals surface area (Å²) in [7, 11) is 0. The lowest BCUT2D eigenvalue weighted by atomic mass is 10.2. The van der Waals surface area contributed by atoms with E-state index in [0.717, 1.165) is 49.3 Å². The summed E-state index contributed by atoms with van der Waals surface area (Å²) in [5, 5.41) is 8.36. The highest BCUT2D eigenvalue weighted by atomic mass is 32.1. The molecule has 1 aliphatic rings. The van der Waals surface area contributed by atoms with E-state index in [2.05, 4.69) is 25.6 Å². The summed E-state index contributed by atoms with van der Waals surface area (Å²) in [6, 6.07) is 3.99. The minimum atomic E-state index is -0.545. The second kappa shape index (κ2) is 12.2. The lowest BCUT2D eigenvalue weighted by Crippen LogP contribution is -2.38. The molecule has 1 aliphatic heterocycles. The maximum atomic E-state index is 11.6. The number of aryl methyl sites for hydroxylation is 3. The molecule has 0 saturated carbocycles. The van der Waals surface area contributed by atoms with Crippen LogP contribution in [-0.2, 0) is 14.4 Å². The Morgan fingerprint density at radius 3 is 2.56 bits per heavy atom. The molecule has 3 aromatic rings. The predicted molar refractivity (Wildman–Crippen MR) is 141 cm³/mol. The second-order valence-electron chi connectivity index (χ2n) is 9.09. The van der Waals surface area contributed by atoms with E-state index in [0.29, 0.717) is 26.2 Å². The van der Waals surface area contributed by atoms with Crippen molar-refractivity contribution in [1.29, 1.82) is 0 Å². The van der Waals surface area contributed by atoms with Gasteiger partial charge in [0.05, 0.1) is 34.4 Å². The quantitative estimate of drug-likeness (QED) is 0.470. The zero-order valence-corrected chi connectivity index (χ0v) is 23.0. The third kappa shape index (κ3) is 8.25. The number of thiazole rings is 2. The number of pyridine rings is 1. The van der Waals surface area contributed by atoms with Gasteiger partial charge in [0.15, 0.2) is 5.13 Å². The highest BCUT2D eigenvalue weighted by Gasteiger charge is 2.25. The molecule has 0 aliphatic carbocycles. The Bertz CT molecular complexity index is 1160. The molecule has 4 rings (SSSR count). The molecule has 0 bridgehead atoms. The summed E-state index contributed by atoms with van der Waals surface area (Å²) >= 11 is 3.26. The van der Waals surface area contributed by atoms with Gasteiger partial charge in [-0.1, -0.05) is 6.07 Å². The number of nitrogens with zero attached hydrogens (tertiary/aromatic N) is 5. The number of carbonyl (C=O) groups is 2. The fraction of sp³-hybridized carbons (Fsp3) is 0.458. The Balaban J connectivity index is 0.000000207. The molecule has 2 amide bonds. The molecule has 10 nitrogen and oxygen atoms in total. The maximum absolute atomic E-state index is 11.6. The molecule has 0 radical (unpaired) electrons. The van der Waals surface area contributed by atoms with Crippen molar-refractivity contribution >= 4 is 46.1 Å². The van der Waals surface area contributed by atoms with Gasteiger partial charge < -0.3 is 15.0 Å². The largest absolute Gasteiger partial charge is 0.442 e. The van der Waals surface area contributed by atoms with Crippen molar-refractivity contribution < 1.29 is 19.2 Å². The first kappa shape index (κ1) is 27.5. The second-order valence-corrected chi connectivity index (χ2v) is 11.1. The molecule has 12 heteroatoms. The number of nitrogens with one attached hydrogen (secondary N) is 1. The molecule has 4 heterocycles. The molecule has 0 aromatic carbocycles. The number of hydrogen-bond donors (Lipinski definition) is 1. The van der Waals surface area contributed by atoms with Gasteiger partial charge in [-0.15, -0.1) is 22.7 Å². The van der Waals surface area contributed by atoms with Crippen LogP contribution < -0.4 is 5.32 Å². The monoisotopic (exact) mass is 532 g/mol. The van der Waals surface area contributed by atoms with Gasteiger partial charge in [-0.3, -0.25) is 9.63 Å². The Hall–Kier alpha value is -3.09. The first-order valence-corrected chi connectivity index (χ1v) is 13.2. The van der Waals surface area contributed by atoms with Gasteiger partial charge in [-0.25, -0.2) is 19.7 Å². The Morgan fingerprint density at radius 1 is 1.17 bits per heavy atom. The van der Waals surface area contributed by atoms with Crippen LogP contribution in [-0.4, -0.2) is 69.3 Å². The number of rotatable bonds is 4. The summed E-state index contributed by atoms with van der Waals surface area (Å²) in [5.41, 5.74) is 2.62. The van der Waals surface area contributed by atoms with Crippen molar-refractivity contribution in [3.8, 4) is 10.6 Å². The van der Waals surface area contributed by atoms with Crippen LogP contribution in [0.4, 0.5) is 15.7 Å². The maximum Gasteiger partial charge on any atom is 0.434 e. The molecule has 36 heavy (non-hydrogen) atoms. The molecule has 0 atom stereocenters. The van der Waals surface area contributed by atoms with Gasteiger partial charge >= 0.3 is 6.09 Å². The Morgan fingerprint density at radius 2 is 1.94 bits per heavy atom. The third-order valence-electron chi connectivity index (χ3n) is 4.75. The van der Waals surface area contributed by atoms with Crippen molar-refractivity contribution in [2.24, 2.45) is 0 Å². The minimum absolute atomic E-state index is 0.304. The van der Waals surface area contributed by atoms with Crippen LogP contribution >= 0.6 is 22.7 Å². The number of hydroxylamine groups is 2. The average Bonchev–Trinajstić information content (AvgIpc) is 3.30. The molecule has 194 valence electrons. The molecule has 0 unspecified atom stereocenters. The van der Waals surface area contributed by atoms with E-state index in [4.69, 9.17) is 9.57 Å². The van der Waals surface area contributed by atoms with Crippen molar-refractivity contribution in [3.63, 3.8) is 0 Å². The van der Waals surface area contributed by atoms with Gasteiger partial charge in [0.25, 0.3) is 0 Å². The predicted octanol–water partition coefficient (Wildman–Crippen LogP) is 4.96. The number of carbonyl (C=O) groups excluding carboxylic acids is 2. The average molecular weight is 533 g/mol. The number of aromatic nitrogens is 3. The molecule has 1 N–H and O–H groups in total. The summed E-state index contributed by atoms with van der Waals surface area (Å²) in [5.74, 6) is 0.814.